The maximum Gasteiger partial charge on any atom is 0.337 e. The molecule has 0 atom stereocenters. The first-order chi connectivity index (χ1) is 17.8. The average molecular weight is 516 g/mol. The predicted octanol–water partition coefficient (Wildman–Crippen LogP) is 7.27. The van der Waals surface area contributed by atoms with E-state index in [9.17, 15) is 4.79 Å². The molecule has 0 spiro atoms. The number of hydrogen-bond acceptors (Lipinski definition) is 6. The summed E-state index contributed by atoms with van der Waals surface area (Å²) in [5.41, 5.74) is 5.90. The molecule has 2 heterocycles. The van der Waals surface area contributed by atoms with Crippen LogP contribution in [-0.4, -0.2) is 27.6 Å². The molecule has 4 rings (SSSR count). The number of aromatic nitrogens is 2. The fraction of sp³-hybridized carbons (Fsp3) is 0.300. The highest BCUT2D eigenvalue weighted by Crippen LogP contribution is 2.26. The summed E-state index contributed by atoms with van der Waals surface area (Å²) in [5.74, 6) is 0.459. The van der Waals surface area contributed by atoms with Gasteiger partial charge in [0.2, 0.25) is 0 Å². The van der Waals surface area contributed by atoms with Gasteiger partial charge >= 0.3 is 5.97 Å². The van der Waals surface area contributed by atoms with Gasteiger partial charge in [0, 0.05) is 35.9 Å². The Morgan fingerprint density at radius 3 is 2.41 bits per heavy atom. The molecule has 0 bridgehead atoms. The van der Waals surface area contributed by atoms with Crippen LogP contribution in [0.5, 0.6) is 5.75 Å². The van der Waals surface area contributed by atoms with Crippen LogP contribution in [0.3, 0.4) is 0 Å². The van der Waals surface area contributed by atoms with E-state index in [2.05, 4.69) is 86.1 Å². The van der Waals surface area contributed by atoms with Crippen LogP contribution in [0.15, 0.2) is 72.4 Å². The summed E-state index contributed by atoms with van der Waals surface area (Å²) in [6.07, 6.45) is 2.80. The van der Waals surface area contributed by atoms with Crippen molar-refractivity contribution in [1.82, 2.24) is 9.97 Å². The highest BCUT2D eigenvalue weighted by molar-refractivity contribution is 7.09. The summed E-state index contributed by atoms with van der Waals surface area (Å²) >= 11 is 1.52. The summed E-state index contributed by atoms with van der Waals surface area (Å²) in [6.45, 7) is 11.0. The molecule has 0 radical (unpaired) electrons. The second-order valence-electron chi connectivity index (χ2n) is 9.85. The van der Waals surface area contributed by atoms with Gasteiger partial charge in [-0.05, 0) is 41.2 Å². The Hall–Kier alpha value is -3.71. The zero-order valence-electron chi connectivity index (χ0n) is 21.7. The zero-order valence-corrected chi connectivity index (χ0v) is 22.5. The fourth-order valence-corrected chi connectivity index (χ4v) is 4.76. The first-order valence-corrected chi connectivity index (χ1v) is 13.4. The molecular weight excluding hydrogens is 482 g/mol. The number of aromatic carboxylic acids is 1. The molecule has 0 saturated carbocycles. The lowest BCUT2D eigenvalue weighted by Crippen LogP contribution is -2.27. The molecule has 6 nitrogen and oxygen atoms in total. The van der Waals surface area contributed by atoms with Gasteiger partial charge in [0.05, 0.1) is 17.5 Å². The van der Waals surface area contributed by atoms with E-state index < -0.39 is 5.97 Å². The number of benzene rings is 2. The van der Waals surface area contributed by atoms with Crippen LogP contribution in [-0.2, 0) is 13.2 Å². The van der Waals surface area contributed by atoms with Gasteiger partial charge < -0.3 is 14.7 Å². The lowest BCUT2D eigenvalue weighted by atomic mass is 10.0. The van der Waals surface area contributed by atoms with Crippen molar-refractivity contribution in [2.24, 2.45) is 5.92 Å². The van der Waals surface area contributed by atoms with Crippen molar-refractivity contribution in [2.45, 2.75) is 46.8 Å². The minimum Gasteiger partial charge on any atom is -0.485 e. The summed E-state index contributed by atoms with van der Waals surface area (Å²) in [7, 11) is 0. The molecule has 192 valence electrons. The Kier molecular flexibility index (Phi) is 8.56. The Morgan fingerprint density at radius 1 is 1.03 bits per heavy atom. The van der Waals surface area contributed by atoms with Crippen LogP contribution in [0, 0.1) is 5.92 Å². The third-order valence-electron chi connectivity index (χ3n) is 6.01. The largest absolute Gasteiger partial charge is 0.485 e. The number of thiazole rings is 1. The maximum atomic E-state index is 11.1. The Bertz CT molecular complexity index is 1310. The van der Waals surface area contributed by atoms with Gasteiger partial charge in [-0.15, -0.1) is 11.3 Å². The van der Waals surface area contributed by atoms with Gasteiger partial charge in [-0.1, -0.05) is 64.1 Å². The van der Waals surface area contributed by atoms with E-state index in [1.807, 2.05) is 5.38 Å². The van der Waals surface area contributed by atoms with Crippen LogP contribution in [0.1, 0.15) is 60.1 Å². The predicted molar refractivity (Wildman–Crippen MR) is 149 cm³/mol. The normalized spacial score (nSPS) is 11.2. The number of rotatable bonds is 11. The number of carboxylic acids is 1. The first-order valence-electron chi connectivity index (χ1n) is 12.5. The van der Waals surface area contributed by atoms with Crippen molar-refractivity contribution in [3.05, 3.63) is 94.1 Å². The molecule has 0 amide bonds. The van der Waals surface area contributed by atoms with E-state index in [1.54, 1.807) is 0 Å². The molecule has 7 heteroatoms. The Balaban J connectivity index is 1.41. The van der Waals surface area contributed by atoms with Gasteiger partial charge in [0.25, 0.3) is 0 Å². The van der Waals surface area contributed by atoms with E-state index in [0.717, 1.165) is 29.4 Å². The molecule has 2 aromatic heterocycles. The molecule has 0 aliphatic carbocycles. The van der Waals surface area contributed by atoms with Gasteiger partial charge in [-0.2, -0.15) is 0 Å². The second-order valence-corrected chi connectivity index (χ2v) is 10.8. The van der Waals surface area contributed by atoms with Crippen LogP contribution >= 0.6 is 11.3 Å². The molecule has 0 unspecified atom stereocenters. The highest BCUT2D eigenvalue weighted by atomic mass is 32.1. The number of carboxylic acid groups (broad SMARTS) is 1. The van der Waals surface area contributed by atoms with Crippen molar-refractivity contribution in [1.29, 1.82) is 0 Å². The van der Waals surface area contributed by atoms with Crippen molar-refractivity contribution < 1.29 is 14.6 Å². The van der Waals surface area contributed by atoms with Gasteiger partial charge in [-0.25, -0.2) is 9.78 Å². The molecule has 0 aliphatic heterocycles. The van der Waals surface area contributed by atoms with E-state index in [1.165, 1.54) is 46.6 Å². The lowest BCUT2D eigenvalue weighted by Gasteiger charge is -2.27. The minimum atomic E-state index is -1.03. The molecule has 4 aromatic rings. The number of hydrogen-bond donors (Lipinski definition) is 1. The van der Waals surface area contributed by atoms with E-state index in [-0.39, 0.29) is 12.2 Å². The average Bonchev–Trinajstić information content (AvgIpc) is 3.36. The summed E-state index contributed by atoms with van der Waals surface area (Å²) in [4.78, 5) is 22.2. The first kappa shape index (κ1) is 26.4. The summed E-state index contributed by atoms with van der Waals surface area (Å²) < 4.78 is 5.71. The van der Waals surface area contributed by atoms with Crippen LogP contribution < -0.4 is 9.64 Å². The van der Waals surface area contributed by atoms with Crippen LogP contribution in [0.2, 0.25) is 0 Å². The molecule has 2 aromatic carbocycles. The topological polar surface area (TPSA) is 75.5 Å². The number of ether oxygens (including phenoxy) is 1. The second kappa shape index (κ2) is 12.0. The quantitative estimate of drug-likeness (QED) is 0.226. The molecule has 1 N–H and O–H groups in total. The molecular formula is C30H33N3O3S. The Labute approximate surface area is 222 Å². The Morgan fingerprint density at radius 2 is 1.76 bits per heavy atom. The smallest absolute Gasteiger partial charge is 0.337 e. The number of pyridine rings is 1. The van der Waals surface area contributed by atoms with E-state index in [4.69, 9.17) is 14.8 Å². The monoisotopic (exact) mass is 515 g/mol. The van der Waals surface area contributed by atoms with Crippen LogP contribution in [0.4, 0.5) is 5.69 Å². The highest BCUT2D eigenvalue weighted by Gasteiger charge is 2.12. The lowest BCUT2D eigenvalue weighted by molar-refractivity contribution is 0.0696. The maximum absolute atomic E-state index is 11.1. The van der Waals surface area contributed by atoms with Gasteiger partial charge in [0.1, 0.15) is 17.4 Å². The van der Waals surface area contributed by atoms with E-state index in [0.29, 0.717) is 17.6 Å². The standard InChI is InChI=1S/C30H33N3O3S/c1-20(2)16-33(26-11-9-23(10-12-26)21(3)4)17-22-5-7-24(8-6-22)28-19-37-29(32-28)18-36-27-13-25(30(34)35)14-31-15-27/h5-15,19-21H,16-18H2,1-4H3,(H,34,35). The molecule has 37 heavy (non-hydrogen) atoms. The fourth-order valence-electron chi connectivity index (χ4n) is 4.04. The van der Waals surface area contributed by atoms with Crippen molar-refractivity contribution in [2.75, 3.05) is 11.4 Å². The minimum absolute atomic E-state index is 0.0944. The summed E-state index contributed by atoms with van der Waals surface area (Å²) in [6, 6.07) is 19.0. The third kappa shape index (κ3) is 7.17. The van der Waals surface area contributed by atoms with Gasteiger partial charge in [0.15, 0.2) is 0 Å². The van der Waals surface area contributed by atoms with Crippen molar-refractivity contribution >= 4 is 23.0 Å². The van der Waals surface area contributed by atoms with Crippen molar-refractivity contribution in [3.8, 4) is 17.0 Å². The number of anilines is 1. The van der Waals surface area contributed by atoms with Gasteiger partial charge in [-0.3, -0.25) is 4.98 Å². The molecule has 0 aliphatic rings. The van der Waals surface area contributed by atoms with E-state index >= 15 is 0 Å². The van der Waals surface area contributed by atoms with Crippen molar-refractivity contribution in [3.63, 3.8) is 0 Å². The third-order valence-corrected chi connectivity index (χ3v) is 6.83. The molecule has 0 fully saturated rings. The summed E-state index contributed by atoms with van der Waals surface area (Å²) in [5, 5.41) is 11.9. The number of nitrogens with zero attached hydrogens (tertiary/aromatic N) is 3. The zero-order chi connectivity index (χ0) is 26.4. The number of carbonyl (C=O) groups is 1. The van der Waals surface area contributed by atoms with Crippen LogP contribution in [0.25, 0.3) is 11.3 Å². The molecule has 0 saturated heterocycles. The SMILES string of the molecule is CC(C)CN(Cc1ccc(-c2csc(COc3cncc(C(=O)O)c3)n2)cc1)c1ccc(C(C)C)cc1.